The van der Waals surface area contributed by atoms with Gasteiger partial charge in [-0.05, 0) is 24.0 Å². The van der Waals surface area contributed by atoms with E-state index in [1.54, 1.807) is 0 Å². The van der Waals surface area contributed by atoms with Gasteiger partial charge in [0.1, 0.15) is 0 Å². The van der Waals surface area contributed by atoms with Gasteiger partial charge in [0.15, 0.2) is 0 Å². The van der Waals surface area contributed by atoms with Crippen molar-refractivity contribution < 1.29 is 0 Å². The van der Waals surface area contributed by atoms with E-state index in [1.807, 2.05) is 11.8 Å². The van der Waals surface area contributed by atoms with E-state index < -0.39 is 0 Å². The van der Waals surface area contributed by atoms with Crippen LogP contribution in [0.3, 0.4) is 0 Å². The Hall–Kier alpha value is 0.640. The SMILES string of the molecule is CC1(C)CCSC(Cl)C1. The molecule has 1 atom stereocenters. The molecule has 1 rings (SSSR count). The zero-order valence-electron chi connectivity index (χ0n) is 5.98. The van der Waals surface area contributed by atoms with Crippen molar-refractivity contribution in [3.8, 4) is 0 Å². The van der Waals surface area contributed by atoms with E-state index in [-0.39, 0.29) is 0 Å². The molecule has 0 nitrogen and oxygen atoms in total. The van der Waals surface area contributed by atoms with E-state index in [4.69, 9.17) is 11.6 Å². The van der Waals surface area contributed by atoms with Crippen molar-refractivity contribution in [3.63, 3.8) is 0 Å². The van der Waals surface area contributed by atoms with Crippen LogP contribution in [0.2, 0.25) is 0 Å². The highest BCUT2D eigenvalue weighted by molar-refractivity contribution is 8.01. The lowest BCUT2D eigenvalue weighted by Crippen LogP contribution is -2.21. The molecule has 54 valence electrons. The fraction of sp³-hybridized carbons (Fsp3) is 1.00. The van der Waals surface area contributed by atoms with Crippen molar-refractivity contribution in [2.24, 2.45) is 5.41 Å². The Morgan fingerprint density at radius 2 is 2.22 bits per heavy atom. The number of rotatable bonds is 0. The van der Waals surface area contributed by atoms with Crippen LogP contribution in [-0.4, -0.2) is 10.5 Å². The highest BCUT2D eigenvalue weighted by Crippen LogP contribution is 2.39. The Kier molecular flexibility index (Phi) is 2.33. The maximum atomic E-state index is 5.96. The van der Waals surface area contributed by atoms with E-state index in [9.17, 15) is 0 Å². The molecule has 0 aliphatic carbocycles. The summed E-state index contributed by atoms with van der Waals surface area (Å²) in [6, 6.07) is 0. The molecule has 1 unspecified atom stereocenters. The first-order valence-electron chi connectivity index (χ1n) is 3.36. The Morgan fingerprint density at radius 1 is 1.56 bits per heavy atom. The summed E-state index contributed by atoms with van der Waals surface area (Å²) < 4.78 is 0.369. The maximum Gasteiger partial charge on any atom is 0.0793 e. The fourth-order valence-corrected chi connectivity index (χ4v) is 3.24. The molecule has 1 aliphatic heterocycles. The summed E-state index contributed by atoms with van der Waals surface area (Å²) in [6.07, 6.45) is 2.49. The lowest BCUT2D eigenvalue weighted by molar-refractivity contribution is 0.329. The first-order valence-corrected chi connectivity index (χ1v) is 4.84. The zero-order chi connectivity index (χ0) is 6.91. The normalized spacial score (nSPS) is 34.3. The van der Waals surface area contributed by atoms with Crippen LogP contribution in [0, 0.1) is 5.41 Å². The van der Waals surface area contributed by atoms with Crippen molar-refractivity contribution in [2.45, 2.75) is 31.4 Å². The predicted octanol–water partition coefficient (Wildman–Crippen LogP) is 3.10. The van der Waals surface area contributed by atoms with E-state index in [0.29, 0.717) is 10.1 Å². The molecule has 1 fully saturated rings. The van der Waals surface area contributed by atoms with E-state index in [0.717, 1.165) is 0 Å². The first kappa shape index (κ1) is 7.74. The van der Waals surface area contributed by atoms with Gasteiger partial charge in [0, 0.05) is 0 Å². The molecule has 0 amide bonds. The molecule has 0 aromatic heterocycles. The predicted molar refractivity (Wildman–Crippen MR) is 45.1 cm³/mol. The summed E-state index contributed by atoms with van der Waals surface area (Å²) in [4.78, 5) is 0. The van der Waals surface area contributed by atoms with Gasteiger partial charge in [-0.25, -0.2) is 0 Å². The summed E-state index contributed by atoms with van der Waals surface area (Å²) in [5, 5.41) is 0. The number of thioether (sulfide) groups is 1. The molecule has 0 spiro atoms. The molecular weight excluding hydrogens is 152 g/mol. The third kappa shape index (κ3) is 2.38. The standard InChI is InChI=1S/C7H13ClS/c1-7(2)3-4-9-6(8)5-7/h6H,3-5H2,1-2H3. The van der Waals surface area contributed by atoms with Crippen LogP contribution in [0.25, 0.3) is 0 Å². The van der Waals surface area contributed by atoms with Crippen molar-refractivity contribution in [1.29, 1.82) is 0 Å². The zero-order valence-corrected chi connectivity index (χ0v) is 7.56. The maximum absolute atomic E-state index is 5.96. The number of alkyl halides is 1. The van der Waals surface area contributed by atoms with Gasteiger partial charge in [0.2, 0.25) is 0 Å². The van der Waals surface area contributed by atoms with Crippen LogP contribution in [0.4, 0.5) is 0 Å². The Balaban J connectivity index is 2.41. The van der Waals surface area contributed by atoms with Crippen molar-refractivity contribution in [1.82, 2.24) is 0 Å². The van der Waals surface area contributed by atoms with Gasteiger partial charge in [0.25, 0.3) is 0 Å². The van der Waals surface area contributed by atoms with E-state index >= 15 is 0 Å². The minimum atomic E-state index is 0.369. The van der Waals surface area contributed by atoms with Gasteiger partial charge < -0.3 is 0 Å². The van der Waals surface area contributed by atoms with Crippen LogP contribution in [0.15, 0.2) is 0 Å². The fourth-order valence-electron chi connectivity index (χ4n) is 1.06. The average Bonchev–Trinajstić information content (AvgIpc) is 1.60. The quantitative estimate of drug-likeness (QED) is 0.496. The second-order valence-electron chi connectivity index (χ2n) is 3.40. The highest BCUT2D eigenvalue weighted by Gasteiger charge is 2.26. The molecule has 0 aromatic carbocycles. The lowest BCUT2D eigenvalue weighted by atomic mass is 9.87. The van der Waals surface area contributed by atoms with Crippen LogP contribution in [-0.2, 0) is 0 Å². The van der Waals surface area contributed by atoms with Gasteiger partial charge >= 0.3 is 0 Å². The molecule has 0 aromatic rings. The van der Waals surface area contributed by atoms with Crippen molar-refractivity contribution in [2.75, 3.05) is 5.75 Å². The Morgan fingerprint density at radius 3 is 2.56 bits per heavy atom. The number of halogens is 1. The number of hydrogen-bond acceptors (Lipinski definition) is 1. The minimum Gasteiger partial charge on any atom is -0.142 e. The summed E-state index contributed by atoms with van der Waals surface area (Å²) >= 11 is 7.85. The van der Waals surface area contributed by atoms with Gasteiger partial charge in [-0.1, -0.05) is 13.8 Å². The first-order chi connectivity index (χ1) is 4.10. The van der Waals surface area contributed by atoms with Gasteiger partial charge in [-0.3, -0.25) is 0 Å². The molecular formula is C7H13ClS. The summed E-state index contributed by atoms with van der Waals surface area (Å²) in [5.41, 5.74) is 0.498. The molecule has 0 N–H and O–H groups in total. The molecule has 2 heteroatoms. The topological polar surface area (TPSA) is 0 Å². The molecule has 1 saturated heterocycles. The van der Waals surface area contributed by atoms with E-state index in [2.05, 4.69) is 13.8 Å². The molecule has 1 aliphatic rings. The van der Waals surface area contributed by atoms with Gasteiger partial charge in [0.05, 0.1) is 4.71 Å². The molecule has 0 bridgehead atoms. The Bertz CT molecular complexity index is 101. The Labute approximate surface area is 66.3 Å². The van der Waals surface area contributed by atoms with E-state index in [1.165, 1.54) is 18.6 Å². The second kappa shape index (κ2) is 2.71. The van der Waals surface area contributed by atoms with Gasteiger partial charge in [-0.2, -0.15) is 0 Å². The summed E-state index contributed by atoms with van der Waals surface area (Å²) in [7, 11) is 0. The summed E-state index contributed by atoms with van der Waals surface area (Å²) in [6.45, 7) is 4.59. The highest BCUT2D eigenvalue weighted by atomic mass is 35.5. The van der Waals surface area contributed by atoms with Crippen molar-refractivity contribution >= 4 is 23.4 Å². The van der Waals surface area contributed by atoms with Crippen LogP contribution in [0.1, 0.15) is 26.7 Å². The lowest BCUT2D eigenvalue weighted by Gasteiger charge is -2.31. The third-order valence-corrected chi connectivity index (χ3v) is 3.29. The third-order valence-electron chi connectivity index (χ3n) is 1.79. The van der Waals surface area contributed by atoms with Crippen LogP contribution in [0.5, 0.6) is 0 Å². The van der Waals surface area contributed by atoms with Crippen LogP contribution >= 0.6 is 23.4 Å². The van der Waals surface area contributed by atoms with Crippen molar-refractivity contribution in [3.05, 3.63) is 0 Å². The monoisotopic (exact) mass is 164 g/mol. The largest absolute Gasteiger partial charge is 0.142 e. The van der Waals surface area contributed by atoms with Crippen LogP contribution < -0.4 is 0 Å². The molecule has 0 saturated carbocycles. The molecule has 0 radical (unpaired) electrons. The summed E-state index contributed by atoms with van der Waals surface area (Å²) in [5.74, 6) is 1.24. The minimum absolute atomic E-state index is 0.369. The second-order valence-corrected chi connectivity index (χ2v) is 5.50. The molecule has 1 heterocycles. The molecule has 9 heavy (non-hydrogen) atoms. The number of hydrogen-bond donors (Lipinski definition) is 0. The smallest absolute Gasteiger partial charge is 0.0793 e. The van der Waals surface area contributed by atoms with Gasteiger partial charge in [-0.15, -0.1) is 23.4 Å². The average molecular weight is 165 g/mol.